The molecular formula is C16H17ClF2N2O. The van der Waals surface area contributed by atoms with Crippen LogP contribution in [0.15, 0.2) is 24.3 Å². The summed E-state index contributed by atoms with van der Waals surface area (Å²) in [6, 6.07) is 7.42. The van der Waals surface area contributed by atoms with Gasteiger partial charge in [0.2, 0.25) is 6.43 Å². The first-order chi connectivity index (χ1) is 10.6. The number of halogens is 3. The standard InChI is InChI=1S/C16H17ClF2N2O/c17-14-11-5-1-2-6-12(11)20-15(14)16(22)21-7-3-4-10(9-21)8-13(18)19/h1-2,5-6,10,13,20H,3-4,7-9H2. The molecule has 118 valence electrons. The van der Waals surface area contributed by atoms with E-state index >= 15 is 0 Å². The summed E-state index contributed by atoms with van der Waals surface area (Å²) in [5.74, 6) is -0.346. The Hall–Kier alpha value is -1.62. The van der Waals surface area contributed by atoms with Gasteiger partial charge in [-0.25, -0.2) is 8.78 Å². The van der Waals surface area contributed by atoms with Crippen LogP contribution in [0, 0.1) is 5.92 Å². The number of H-pyrrole nitrogens is 1. The van der Waals surface area contributed by atoms with Crippen molar-refractivity contribution in [2.45, 2.75) is 25.7 Å². The Morgan fingerprint density at radius 1 is 1.41 bits per heavy atom. The summed E-state index contributed by atoms with van der Waals surface area (Å²) in [7, 11) is 0. The highest BCUT2D eigenvalue weighted by atomic mass is 35.5. The van der Waals surface area contributed by atoms with E-state index < -0.39 is 6.43 Å². The molecule has 3 rings (SSSR count). The number of amides is 1. The highest BCUT2D eigenvalue weighted by Gasteiger charge is 2.28. The van der Waals surface area contributed by atoms with Crippen molar-refractivity contribution in [3.63, 3.8) is 0 Å². The maximum atomic E-state index is 12.6. The molecule has 2 heterocycles. The number of aromatic amines is 1. The smallest absolute Gasteiger partial charge is 0.271 e. The fourth-order valence-electron chi connectivity index (χ4n) is 3.11. The molecule has 1 aliphatic rings. The fraction of sp³-hybridized carbons (Fsp3) is 0.438. The van der Waals surface area contributed by atoms with Gasteiger partial charge in [-0.05, 0) is 24.8 Å². The zero-order valence-corrected chi connectivity index (χ0v) is 12.7. The van der Waals surface area contributed by atoms with Gasteiger partial charge in [0.15, 0.2) is 0 Å². The predicted molar refractivity (Wildman–Crippen MR) is 82.6 cm³/mol. The maximum absolute atomic E-state index is 12.6. The maximum Gasteiger partial charge on any atom is 0.271 e. The van der Waals surface area contributed by atoms with Crippen LogP contribution in [0.5, 0.6) is 0 Å². The van der Waals surface area contributed by atoms with Crippen LogP contribution in [-0.4, -0.2) is 35.3 Å². The molecule has 6 heteroatoms. The third-order valence-corrected chi connectivity index (χ3v) is 4.57. The minimum Gasteiger partial charge on any atom is -0.349 e. The lowest BCUT2D eigenvalue weighted by atomic mass is 9.95. The topological polar surface area (TPSA) is 36.1 Å². The van der Waals surface area contributed by atoms with Crippen LogP contribution in [0.4, 0.5) is 8.78 Å². The molecule has 1 unspecified atom stereocenters. The van der Waals surface area contributed by atoms with Gasteiger partial charge in [0.25, 0.3) is 5.91 Å². The Morgan fingerprint density at radius 3 is 2.91 bits per heavy atom. The summed E-state index contributed by atoms with van der Waals surface area (Å²) in [4.78, 5) is 17.3. The minimum atomic E-state index is -2.32. The van der Waals surface area contributed by atoms with Crippen molar-refractivity contribution < 1.29 is 13.6 Å². The van der Waals surface area contributed by atoms with E-state index in [4.69, 9.17) is 11.6 Å². The number of piperidine rings is 1. The first kappa shape index (κ1) is 15.3. The number of nitrogens with zero attached hydrogens (tertiary/aromatic N) is 1. The van der Waals surface area contributed by atoms with Crippen molar-refractivity contribution in [3.05, 3.63) is 35.0 Å². The predicted octanol–water partition coefficient (Wildman–Crippen LogP) is 4.33. The summed E-state index contributed by atoms with van der Waals surface area (Å²) < 4.78 is 25.1. The SMILES string of the molecule is O=C(c1[nH]c2ccccc2c1Cl)N1CCCC(CC(F)F)C1. The van der Waals surface area contributed by atoms with E-state index in [-0.39, 0.29) is 18.2 Å². The molecule has 2 aromatic rings. The van der Waals surface area contributed by atoms with Crippen LogP contribution in [0.2, 0.25) is 5.02 Å². The molecule has 1 amide bonds. The molecule has 0 saturated carbocycles. The molecule has 0 aliphatic carbocycles. The zero-order valence-electron chi connectivity index (χ0n) is 12.0. The molecule has 0 spiro atoms. The van der Waals surface area contributed by atoms with Crippen molar-refractivity contribution >= 4 is 28.4 Å². The molecule has 1 aromatic heterocycles. The average molecular weight is 327 g/mol. The number of rotatable bonds is 3. The normalized spacial score (nSPS) is 19.1. The third kappa shape index (κ3) is 2.95. The van der Waals surface area contributed by atoms with E-state index in [0.29, 0.717) is 23.8 Å². The number of alkyl halides is 2. The number of likely N-dealkylation sites (tertiary alicyclic amines) is 1. The number of nitrogens with one attached hydrogen (secondary N) is 1. The Morgan fingerprint density at radius 2 is 2.18 bits per heavy atom. The van der Waals surface area contributed by atoms with Gasteiger partial charge in [-0.15, -0.1) is 0 Å². The molecule has 1 fully saturated rings. The number of carbonyl (C=O) groups is 1. The lowest BCUT2D eigenvalue weighted by Crippen LogP contribution is -2.40. The quantitative estimate of drug-likeness (QED) is 0.895. The van der Waals surface area contributed by atoms with Gasteiger partial charge in [0, 0.05) is 30.4 Å². The lowest BCUT2D eigenvalue weighted by Gasteiger charge is -2.32. The molecule has 1 saturated heterocycles. The van der Waals surface area contributed by atoms with E-state index in [9.17, 15) is 13.6 Å². The van der Waals surface area contributed by atoms with E-state index in [1.165, 1.54) is 0 Å². The molecule has 1 N–H and O–H groups in total. The summed E-state index contributed by atoms with van der Waals surface area (Å²) in [5, 5.41) is 1.20. The molecule has 1 aromatic carbocycles. The van der Waals surface area contributed by atoms with Gasteiger partial charge >= 0.3 is 0 Å². The Balaban J connectivity index is 1.81. The first-order valence-electron chi connectivity index (χ1n) is 7.40. The van der Waals surface area contributed by atoms with Gasteiger partial charge < -0.3 is 9.88 Å². The highest BCUT2D eigenvalue weighted by Crippen LogP contribution is 2.30. The molecule has 1 atom stereocenters. The average Bonchev–Trinajstić information content (AvgIpc) is 2.84. The van der Waals surface area contributed by atoms with Crippen molar-refractivity contribution in [3.8, 4) is 0 Å². The molecule has 1 aliphatic heterocycles. The number of hydrogen-bond acceptors (Lipinski definition) is 1. The summed E-state index contributed by atoms with van der Waals surface area (Å²) >= 11 is 6.29. The van der Waals surface area contributed by atoms with Gasteiger partial charge in [0.05, 0.1) is 5.02 Å². The van der Waals surface area contributed by atoms with Crippen molar-refractivity contribution in [2.24, 2.45) is 5.92 Å². The number of carbonyl (C=O) groups excluding carboxylic acids is 1. The van der Waals surface area contributed by atoms with Gasteiger partial charge in [0.1, 0.15) is 5.69 Å². The van der Waals surface area contributed by atoms with Crippen molar-refractivity contribution in [1.29, 1.82) is 0 Å². The number of fused-ring (bicyclic) bond motifs is 1. The lowest BCUT2D eigenvalue weighted by molar-refractivity contribution is 0.0556. The first-order valence-corrected chi connectivity index (χ1v) is 7.77. The number of aromatic nitrogens is 1. The second-order valence-corrected chi connectivity index (χ2v) is 6.12. The second kappa shape index (κ2) is 6.24. The minimum absolute atomic E-state index is 0.138. The van der Waals surface area contributed by atoms with Crippen molar-refractivity contribution in [1.82, 2.24) is 9.88 Å². The van der Waals surface area contributed by atoms with E-state index in [1.807, 2.05) is 24.3 Å². The summed E-state index contributed by atoms with van der Waals surface area (Å²) in [6.07, 6.45) is -0.976. The number of benzene rings is 1. The molecule has 0 bridgehead atoms. The largest absolute Gasteiger partial charge is 0.349 e. The van der Waals surface area contributed by atoms with E-state index in [0.717, 1.165) is 23.7 Å². The van der Waals surface area contributed by atoms with Crippen LogP contribution in [0.3, 0.4) is 0 Å². The van der Waals surface area contributed by atoms with E-state index in [1.54, 1.807) is 4.90 Å². The molecule has 22 heavy (non-hydrogen) atoms. The Bertz CT molecular complexity index is 686. The Labute approximate surface area is 132 Å². The van der Waals surface area contributed by atoms with Crippen LogP contribution in [0.1, 0.15) is 29.8 Å². The third-order valence-electron chi connectivity index (χ3n) is 4.17. The second-order valence-electron chi connectivity index (χ2n) is 5.75. The molecular weight excluding hydrogens is 310 g/mol. The van der Waals surface area contributed by atoms with Crippen molar-refractivity contribution in [2.75, 3.05) is 13.1 Å². The van der Waals surface area contributed by atoms with Gasteiger partial charge in [-0.3, -0.25) is 4.79 Å². The number of para-hydroxylation sites is 1. The zero-order chi connectivity index (χ0) is 15.7. The van der Waals surface area contributed by atoms with Crippen LogP contribution >= 0.6 is 11.6 Å². The number of hydrogen-bond donors (Lipinski definition) is 1. The van der Waals surface area contributed by atoms with E-state index in [2.05, 4.69) is 4.98 Å². The fourth-order valence-corrected chi connectivity index (χ4v) is 3.40. The summed E-state index contributed by atoms with van der Waals surface area (Å²) in [5.41, 5.74) is 1.15. The van der Waals surface area contributed by atoms with Crippen LogP contribution < -0.4 is 0 Å². The van der Waals surface area contributed by atoms with Gasteiger partial charge in [-0.2, -0.15) is 0 Å². The summed E-state index contributed by atoms with van der Waals surface area (Å²) in [6.45, 7) is 0.957. The molecule has 0 radical (unpaired) electrons. The van der Waals surface area contributed by atoms with Gasteiger partial charge in [-0.1, -0.05) is 29.8 Å². The highest BCUT2D eigenvalue weighted by molar-refractivity contribution is 6.38. The monoisotopic (exact) mass is 326 g/mol. The van der Waals surface area contributed by atoms with Crippen LogP contribution in [0.25, 0.3) is 10.9 Å². The van der Waals surface area contributed by atoms with Crippen LogP contribution in [-0.2, 0) is 0 Å². The molecule has 3 nitrogen and oxygen atoms in total. The Kier molecular flexibility index (Phi) is 4.34.